The Balaban J connectivity index is -0.000000524. The molecular weight excluding hydrogens is 553 g/mol. The molecule has 0 fully saturated rings. The molecule has 3 aromatic rings. The van der Waals surface area contributed by atoms with Crippen molar-refractivity contribution in [2.24, 2.45) is 0 Å². The van der Waals surface area contributed by atoms with Gasteiger partial charge in [-0.1, -0.05) is 147 Å². The second kappa shape index (κ2) is 15.5. The van der Waals surface area contributed by atoms with E-state index in [0.29, 0.717) is 10.8 Å². The van der Waals surface area contributed by atoms with E-state index in [0.717, 1.165) is 11.6 Å². The van der Waals surface area contributed by atoms with Gasteiger partial charge in [-0.05, 0) is 33.3 Å². The van der Waals surface area contributed by atoms with Crippen LogP contribution >= 0.6 is 22.7 Å². The zero-order valence-corrected chi connectivity index (χ0v) is 30.1. The molecule has 0 amide bonds. The summed E-state index contributed by atoms with van der Waals surface area (Å²) in [7, 11) is 0. The highest BCUT2D eigenvalue weighted by molar-refractivity contribution is 7.12. The largest absolute Gasteiger partial charge is 0.448 e. The molecule has 0 saturated heterocycles. The summed E-state index contributed by atoms with van der Waals surface area (Å²) in [5.74, 6) is 0.817. The number of hydrogen-bond acceptors (Lipinski definition) is 5. The summed E-state index contributed by atoms with van der Waals surface area (Å²) in [6.07, 6.45) is 3.78. The van der Waals surface area contributed by atoms with Gasteiger partial charge in [-0.2, -0.15) is 0 Å². The summed E-state index contributed by atoms with van der Waals surface area (Å²) < 4.78 is 5.44. The molecule has 3 heterocycles. The van der Waals surface area contributed by atoms with E-state index in [2.05, 4.69) is 146 Å². The van der Waals surface area contributed by atoms with E-state index in [9.17, 15) is 0 Å². The van der Waals surface area contributed by atoms with Crippen LogP contribution in [0, 0.1) is 0 Å². The van der Waals surface area contributed by atoms with Crippen LogP contribution in [0.5, 0.6) is 0 Å². The first-order valence-electron chi connectivity index (χ1n) is 14.2. The third-order valence-electron chi connectivity index (χ3n) is 6.01. The van der Waals surface area contributed by atoms with E-state index < -0.39 is 0 Å². The summed E-state index contributed by atoms with van der Waals surface area (Å²) in [6.45, 7) is 39.6. The third kappa shape index (κ3) is 14.3. The molecule has 3 nitrogen and oxygen atoms in total. The van der Waals surface area contributed by atoms with Crippen molar-refractivity contribution in [3.05, 3.63) is 55.8 Å². The number of thiazole rings is 1. The normalized spacial score (nSPS) is 12.4. The number of aromatic nitrogens is 2. The van der Waals surface area contributed by atoms with Crippen LogP contribution in [0.2, 0.25) is 0 Å². The van der Waals surface area contributed by atoms with Gasteiger partial charge in [0, 0.05) is 32.2 Å². The molecule has 0 aliphatic heterocycles. The average Bonchev–Trinajstić information content (AvgIpc) is 3.45. The maximum absolute atomic E-state index is 5.44. The van der Waals surface area contributed by atoms with Crippen molar-refractivity contribution in [1.29, 1.82) is 0 Å². The summed E-state index contributed by atoms with van der Waals surface area (Å²) >= 11 is 3.72. The summed E-state index contributed by atoms with van der Waals surface area (Å²) in [5, 5.41) is 3.53. The molecule has 0 N–H and O–H groups in total. The molecule has 0 spiro atoms. The molecule has 0 atom stereocenters. The topological polar surface area (TPSA) is 38.9 Å². The molecule has 0 aromatic carbocycles. The second-order valence-electron chi connectivity index (χ2n) is 16.8. The lowest BCUT2D eigenvalue weighted by Crippen LogP contribution is -2.15. The fraction of sp³-hybridized carbons (Fsp3) is 0.730. The van der Waals surface area contributed by atoms with Gasteiger partial charge >= 0.3 is 0 Å². The van der Waals surface area contributed by atoms with Crippen LogP contribution in [-0.4, -0.2) is 9.97 Å². The van der Waals surface area contributed by atoms with Gasteiger partial charge in [0.2, 0.25) is 0 Å². The predicted molar refractivity (Wildman–Crippen MR) is 195 cm³/mol. The van der Waals surface area contributed by atoms with Crippen molar-refractivity contribution in [1.82, 2.24) is 9.97 Å². The van der Waals surface area contributed by atoms with E-state index >= 15 is 0 Å². The van der Waals surface area contributed by atoms with Crippen molar-refractivity contribution >= 4 is 22.7 Å². The molecule has 0 aliphatic carbocycles. The van der Waals surface area contributed by atoms with Crippen molar-refractivity contribution in [3.63, 3.8) is 0 Å². The van der Waals surface area contributed by atoms with Crippen LogP contribution in [0.1, 0.15) is 179 Å². The molecule has 0 saturated carbocycles. The standard InChI is InChI=1S/C12H20S.C11H19NO.C11H19NS.3CH4/c1-11(2,3)9-7-10(13-8-9)12(4,5)6;1-10(2,3)8-7-13-9(12-8)11(4,5)6;1-10(2,3)8-7-12-9(13-8)11(4,5)6;;;/h7-8H,1-6H3;2*7H,1-6H3;3*1H4. The van der Waals surface area contributed by atoms with Crippen LogP contribution in [0.15, 0.2) is 28.3 Å². The Kier molecular flexibility index (Phi) is 16.6. The molecule has 3 aromatic heterocycles. The fourth-order valence-electron chi connectivity index (χ4n) is 3.05. The van der Waals surface area contributed by atoms with Gasteiger partial charge in [-0.25, -0.2) is 9.97 Å². The minimum atomic E-state index is 0. The molecular formula is C37H70N2OS2. The number of oxazole rings is 1. The van der Waals surface area contributed by atoms with Gasteiger partial charge in [0.15, 0.2) is 5.89 Å². The Hall–Kier alpha value is -1.46. The van der Waals surface area contributed by atoms with Crippen LogP contribution < -0.4 is 0 Å². The van der Waals surface area contributed by atoms with Crippen LogP contribution in [-0.2, 0) is 32.5 Å². The van der Waals surface area contributed by atoms with Crippen molar-refractivity contribution in [3.8, 4) is 0 Å². The minimum absolute atomic E-state index is 0. The van der Waals surface area contributed by atoms with Crippen LogP contribution in [0.3, 0.4) is 0 Å². The number of nitrogens with zero attached hydrogens (tertiary/aromatic N) is 2. The molecule has 246 valence electrons. The zero-order chi connectivity index (χ0) is 30.8. The van der Waals surface area contributed by atoms with Gasteiger partial charge in [0.05, 0.1) is 10.7 Å². The molecule has 0 unspecified atom stereocenters. The Bertz CT molecular complexity index is 919. The van der Waals surface area contributed by atoms with E-state index in [4.69, 9.17) is 4.42 Å². The van der Waals surface area contributed by atoms with Gasteiger partial charge < -0.3 is 4.42 Å². The van der Waals surface area contributed by atoms with Gasteiger partial charge in [0.25, 0.3) is 0 Å². The molecule has 0 radical (unpaired) electrons. The highest BCUT2D eigenvalue weighted by atomic mass is 32.1. The average molecular weight is 623 g/mol. The van der Waals surface area contributed by atoms with Gasteiger partial charge in [-0.15, -0.1) is 22.7 Å². The molecule has 42 heavy (non-hydrogen) atoms. The maximum Gasteiger partial charge on any atom is 0.199 e. The Morgan fingerprint density at radius 3 is 1.26 bits per heavy atom. The van der Waals surface area contributed by atoms with Gasteiger partial charge in [-0.3, -0.25) is 0 Å². The Morgan fingerprint density at radius 1 is 0.571 bits per heavy atom. The van der Waals surface area contributed by atoms with Crippen molar-refractivity contribution in [2.75, 3.05) is 0 Å². The molecule has 0 bridgehead atoms. The SMILES string of the molecule is C.C.C.CC(C)(C)c1cnc(C(C)(C)C)s1.CC(C)(C)c1coc(C(C)(C)C)n1.CC(C)(C)c1csc(C(C)(C)C)c1. The van der Waals surface area contributed by atoms with Gasteiger partial charge in [0.1, 0.15) is 6.26 Å². The first kappa shape index (κ1) is 45.0. The summed E-state index contributed by atoms with van der Waals surface area (Å²) in [6, 6.07) is 2.35. The lowest BCUT2D eigenvalue weighted by atomic mass is 9.87. The number of hydrogen-bond donors (Lipinski definition) is 0. The molecule has 5 heteroatoms. The Morgan fingerprint density at radius 2 is 1.05 bits per heavy atom. The lowest BCUT2D eigenvalue weighted by molar-refractivity contribution is 0.392. The first-order valence-corrected chi connectivity index (χ1v) is 15.9. The van der Waals surface area contributed by atoms with Crippen LogP contribution in [0.4, 0.5) is 0 Å². The van der Waals surface area contributed by atoms with E-state index in [1.54, 1.807) is 6.26 Å². The molecule has 0 aliphatic rings. The molecule has 3 rings (SSSR count). The first-order chi connectivity index (χ1) is 17.1. The predicted octanol–water partition coefficient (Wildman–Crippen LogP) is 13.3. The number of rotatable bonds is 0. The fourth-order valence-corrected chi connectivity index (χ4v) is 5.31. The smallest absolute Gasteiger partial charge is 0.199 e. The second-order valence-corrected chi connectivity index (χ2v) is 18.7. The monoisotopic (exact) mass is 622 g/mol. The zero-order valence-electron chi connectivity index (χ0n) is 28.4. The summed E-state index contributed by atoms with van der Waals surface area (Å²) in [5.41, 5.74) is 3.58. The maximum atomic E-state index is 5.44. The van der Waals surface area contributed by atoms with Crippen LogP contribution in [0.25, 0.3) is 0 Å². The van der Waals surface area contributed by atoms with E-state index in [1.807, 2.05) is 28.9 Å². The third-order valence-corrected chi connectivity index (χ3v) is 9.21. The van der Waals surface area contributed by atoms with E-state index in [-0.39, 0.29) is 43.9 Å². The van der Waals surface area contributed by atoms with E-state index in [1.165, 1.54) is 20.3 Å². The Labute approximate surface area is 271 Å². The minimum Gasteiger partial charge on any atom is -0.448 e. The highest BCUT2D eigenvalue weighted by Crippen LogP contribution is 2.34. The quantitative estimate of drug-likeness (QED) is 0.250. The highest BCUT2D eigenvalue weighted by Gasteiger charge is 2.25. The van der Waals surface area contributed by atoms with Crippen molar-refractivity contribution < 1.29 is 4.42 Å². The van der Waals surface area contributed by atoms with Crippen molar-refractivity contribution in [2.45, 2.75) is 179 Å². The lowest BCUT2D eigenvalue weighted by Gasteiger charge is -2.18. The number of thiophene rings is 1. The summed E-state index contributed by atoms with van der Waals surface area (Å²) in [4.78, 5) is 11.8.